The van der Waals surface area contributed by atoms with E-state index in [1.807, 2.05) is 0 Å². The van der Waals surface area contributed by atoms with Crippen LogP contribution >= 0.6 is 0 Å². The molecule has 0 spiro atoms. The van der Waals surface area contributed by atoms with E-state index >= 15 is 0 Å². The fourth-order valence-corrected chi connectivity index (χ4v) is 3.47. The number of hydrogen-bond acceptors (Lipinski definition) is 2. The third kappa shape index (κ3) is 4.89. The van der Waals surface area contributed by atoms with Crippen LogP contribution in [0.25, 0.3) is 0 Å². The van der Waals surface area contributed by atoms with Crippen molar-refractivity contribution in [1.82, 2.24) is 0 Å². The van der Waals surface area contributed by atoms with Gasteiger partial charge in [0.15, 0.2) is 0 Å². The minimum atomic E-state index is -0.135. The van der Waals surface area contributed by atoms with Gasteiger partial charge in [-0.1, -0.05) is 77.9 Å². The summed E-state index contributed by atoms with van der Waals surface area (Å²) in [6.45, 7) is 14.7. The van der Waals surface area contributed by atoms with Gasteiger partial charge in [0.1, 0.15) is 5.71 Å². The summed E-state index contributed by atoms with van der Waals surface area (Å²) in [4.78, 5) is 17.8. The lowest BCUT2D eigenvalue weighted by atomic mass is 9.93. The van der Waals surface area contributed by atoms with Crippen molar-refractivity contribution in [2.24, 2.45) is 4.99 Å². The number of carbonyl (C=O) groups is 1. The third-order valence-electron chi connectivity index (χ3n) is 5.19. The van der Waals surface area contributed by atoms with Crippen molar-refractivity contribution in [2.45, 2.75) is 73.1 Å². The first-order valence-electron chi connectivity index (χ1n) is 10.4. The molecule has 0 bridgehead atoms. The zero-order chi connectivity index (χ0) is 20.8. The monoisotopic (exact) mass is 378 g/mol. The fourth-order valence-electron chi connectivity index (χ4n) is 3.47. The molecular weight excluding hydrogens is 344 g/mol. The highest BCUT2D eigenvalue weighted by molar-refractivity contribution is 6.42. The summed E-state index contributed by atoms with van der Waals surface area (Å²) < 4.78 is 0. The van der Waals surface area contributed by atoms with Crippen molar-refractivity contribution in [3.05, 3.63) is 58.7 Å². The maximum absolute atomic E-state index is 13.0. The summed E-state index contributed by atoms with van der Waals surface area (Å²) >= 11 is 0. The lowest BCUT2D eigenvalue weighted by molar-refractivity contribution is -0.110. The highest BCUT2D eigenvalue weighted by Gasteiger charge is 2.16. The number of aliphatic imine (C=N–C) groups is 1. The van der Waals surface area contributed by atoms with Crippen molar-refractivity contribution in [2.75, 3.05) is 5.32 Å². The number of amides is 1. The van der Waals surface area contributed by atoms with Gasteiger partial charge in [0, 0.05) is 5.69 Å². The Bertz CT molecular complexity index is 814. The van der Waals surface area contributed by atoms with E-state index in [0.717, 1.165) is 35.3 Å². The van der Waals surface area contributed by atoms with Gasteiger partial charge in [-0.15, -0.1) is 0 Å². The fraction of sp³-hybridized carbons (Fsp3) is 0.440. The SMILES string of the molecule is CCc1cccc(CC)c1NC(=O)C(C)=Nc1c(C(C)C)cccc1C(C)C. The first kappa shape index (κ1) is 21.9. The number of anilines is 1. The normalized spacial score (nSPS) is 12.0. The molecule has 0 saturated heterocycles. The summed E-state index contributed by atoms with van der Waals surface area (Å²) in [5.74, 6) is 0.561. The smallest absolute Gasteiger partial charge is 0.269 e. The Balaban J connectivity index is 2.44. The van der Waals surface area contributed by atoms with Crippen molar-refractivity contribution >= 4 is 23.0 Å². The predicted molar refractivity (Wildman–Crippen MR) is 121 cm³/mol. The average molecular weight is 379 g/mol. The predicted octanol–water partition coefficient (Wildman–Crippen LogP) is 6.79. The molecule has 0 aliphatic carbocycles. The topological polar surface area (TPSA) is 41.5 Å². The summed E-state index contributed by atoms with van der Waals surface area (Å²) in [7, 11) is 0. The summed E-state index contributed by atoms with van der Waals surface area (Å²) in [6.07, 6.45) is 1.76. The van der Waals surface area contributed by atoms with Gasteiger partial charge in [0.05, 0.1) is 5.69 Å². The zero-order valence-electron chi connectivity index (χ0n) is 18.4. The molecule has 0 saturated carbocycles. The standard InChI is InChI=1S/C25H34N2O/c1-8-19-12-10-13-20(9-2)23(19)27-25(28)18(7)26-24-21(16(3)4)14-11-15-22(24)17(5)6/h10-17H,8-9H2,1-7H3,(H,27,28). The van der Waals surface area contributed by atoms with Crippen molar-refractivity contribution in [3.8, 4) is 0 Å². The molecule has 3 nitrogen and oxygen atoms in total. The van der Waals surface area contributed by atoms with Gasteiger partial charge in [-0.25, -0.2) is 4.99 Å². The van der Waals surface area contributed by atoms with Crippen molar-refractivity contribution < 1.29 is 4.79 Å². The maximum Gasteiger partial charge on any atom is 0.269 e. The van der Waals surface area contributed by atoms with E-state index in [9.17, 15) is 4.79 Å². The molecule has 0 aromatic heterocycles. The summed E-state index contributed by atoms with van der Waals surface area (Å²) in [6, 6.07) is 12.5. The number of carbonyl (C=O) groups excluding carboxylic acids is 1. The number of aryl methyl sites for hydroxylation is 2. The molecule has 0 unspecified atom stereocenters. The minimum Gasteiger partial charge on any atom is -0.320 e. The quantitative estimate of drug-likeness (QED) is 0.529. The van der Waals surface area contributed by atoms with Crippen molar-refractivity contribution in [3.63, 3.8) is 0 Å². The zero-order valence-corrected chi connectivity index (χ0v) is 18.4. The van der Waals surface area contributed by atoms with Crippen LogP contribution < -0.4 is 5.32 Å². The van der Waals surface area contributed by atoms with Crippen LogP contribution in [0.3, 0.4) is 0 Å². The number of benzene rings is 2. The van der Waals surface area contributed by atoms with Crippen LogP contribution in [0.5, 0.6) is 0 Å². The molecule has 3 heteroatoms. The second-order valence-electron chi connectivity index (χ2n) is 7.90. The Morgan fingerprint density at radius 2 is 1.36 bits per heavy atom. The van der Waals surface area contributed by atoms with Gasteiger partial charge in [-0.3, -0.25) is 4.79 Å². The van der Waals surface area contributed by atoms with Crippen LogP contribution in [0, 0.1) is 0 Å². The molecule has 28 heavy (non-hydrogen) atoms. The number of nitrogens with zero attached hydrogens (tertiary/aromatic N) is 1. The molecule has 150 valence electrons. The largest absolute Gasteiger partial charge is 0.320 e. The summed E-state index contributed by atoms with van der Waals surface area (Å²) in [5, 5.41) is 3.13. The van der Waals surface area contributed by atoms with E-state index in [-0.39, 0.29) is 5.91 Å². The van der Waals surface area contributed by atoms with Gasteiger partial charge < -0.3 is 5.32 Å². The van der Waals surface area contributed by atoms with Gasteiger partial charge >= 0.3 is 0 Å². The first-order valence-corrected chi connectivity index (χ1v) is 10.4. The van der Waals surface area contributed by atoms with Gasteiger partial charge in [0.25, 0.3) is 5.91 Å². The number of nitrogens with one attached hydrogen (secondary N) is 1. The van der Waals surface area contributed by atoms with Crippen LogP contribution in [0.15, 0.2) is 41.4 Å². The highest BCUT2D eigenvalue weighted by Crippen LogP contribution is 2.35. The van der Waals surface area contributed by atoms with Gasteiger partial charge in [0.2, 0.25) is 0 Å². The van der Waals surface area contributed by atoms with E-state index in [4.69, 9.17) is 4.99 Å². The molecule has 0 atom stereocenters. The number of para-hydroxylation sites is 2. The molecule has 0 radical (unpaired) electrons. The molecule has 2 aromatic rings. The molecular formula is C25H34N2O. The molecule has 0 aliphatic heterocycles. The lowest BCUT2D eigenvalue weighted by Gasteiger charge is -2.18. The molecule has 0 heterocycles. The lowest BCUT2D eigenvalue weighted by Crippen LogP contribution is -2.22. The third-order valence-corrected chi connectivity index (χ3v) is 5.19. The van der Waals surface area contributed by atoms with Crippen LogP contribution in [-0.4, -0.2) is 11.6 Å². The highest BCUT2D eigenvalue weighted by atomic mass is 16.1. The number of hydrogen-bond donors (Lipinski definition) is 1. The Labute approximate surface area is 170 Å². The van der Waals surface area contributed by atoms with Crippen LogP contribution in [0.4, 0.5) is 11.4 Å². The molecule has 1 N–H and O–H groups in total. The Kier molecular flexibility index (Phi) is 7.56. The van der Waals surface area contributed by atoms with Gasteiger partial charge in [-0.2, -0.15) is 0 Å². The van der Waals surface area contributed by atoms with E-state index in [2.05, 4.69) is 83.3 Å². The van der Waals surface area contributed by atoms with E-state index in [1.54, 1.807) is 6.92 Å². The first-order chi connectivity index (χ1) is 13.3. The van der Waals surface area contributed by atoms with Crippen LogP contribution in [0.2, 0.25) is 0 Å². The Morgan fingerprint density at radius 1 is 0.893 bits per heavy atom. The number of rotatable bonds is 7. The molecule has 0 aliphatic rings. The molecule has 2 rings (SSSR count). The molecule has 0 fully saturated rings. The van der Waals surface area contributed by atoms with E-state index < -0.39 is 0 Å². The minimum absolute atomic E-state index is 0.135. The van der Waals surface area contributed by atoms with Gasteiger partial charge in [-0.05, 0) is 53.9 Å². The maximum atomic E-state index is 13.0. The second kappa shape index (κ2) is 9.68. The van der Waals surface area contributed by atoms with E-state index in [0.29, 0.717) is 17.5 Å². The molecule has 2 aromatic carbocycles. The van der Waals surface area contributed by atoms with Crippen LogP contribution in [-0.2, 0) is 17.6 Å². The van der Waals surface area contributed by atoms with Crippen LogP contribution in [0.1, 0.15) is 82.6 Å². The Morgan fingerprint density at radius 3 is 1.79 bits per heavy atom. The average Bonchev–Trinajstić information content (AvgIpc) is 2.67. The molecule has 1 amide bonds. The van der Waals surface area contributed by atoms with Crippen molar-refractivity contribution in [1.29, 1.82) is 0 Å². The Hall–Kier alpha value is -2.42. The summed E-state index contributed by atoms with van der Waals surface area (Å²) in [5.41, 5.74) is 7.05. The van der Waals surface area contributed by atoms with E-state index in [1.165, 1.54) is 11.1 Å². The second-order valence-corrected chi connectivity index (χ2v) is 7.90.